The van der Waals surface area contributed by atoms with Gasteiger partial charge in [0.1, 0.15) is 18.1 Å². The quantitative estimate of drug-likeness (QED) is 0.132. The molecule has 3 amide bonds. The Kier molecular flexibility index (Phi) is 10.5. The van der Waals surface area contributed by atoms with Crippen LogP contribution in [0.15, 0.2) is 43.0 Å². The predicted octanol–water partition coefficient (Wildman–Crippen LogP) is 0.518. The lowest BCUT2D eigenvalue weighted by Gasteiger charge is -2.26. The maximum atomic E-state index is 13.6. The molecule has 0 saturated carbocycles. The van der Waals surface area contributed by atoms with E-state index in [1.807, 2.05) is 31.2 Å². The van der Waals surface area contributed by atoms with E-state index in [1.165, 1.54) is 12.5 Å². The molecular formula is C26H35N7O5S. The van der Waals surface area contributed by atoms with Crippen molar-refractivity contribution in [3.63, 3.8) is 0 Å². The van der Waals surface area contributed by atoms with Gasteiger partial charge in [-0.3, -0.25) is 14.4 Å². The summed E-state index contributed by atoms with van der Waals surface area (Å²) >= 11 is 4.07. The third-order valence-electron chi connectivity index (χ3n) is 6.65. The smallest absolute Gasteiger partial charge is 0.326 e. The van der Waals surface area contributed by atoms with E-state index in [4.69, 9.17) is 5.73 Å². The van der Waals surface area contributed by atoms with Crippen LogP contribution in [-0.4, -0.2) is 73.7 Å². The minimum atomic E-state index is -1.17. The molecule has 3 aromatic rings. The first-order chi connectivity index (χ1) is 18.6. The number of carboxylic acids is 1. The topological polar surface area (TPSA) is 195 Å². The van der Waals surface area contributed by atoms with Gasteiger partial charge >= 0.3 is 5.97 Å². The van der Waals surface area contributed by atoms with Gasteiger partial charge in [0.2, 0.25) is 17.7 Å². The fourth-order valence-electron chi connectivity index (χ4n) is 4.13. The van der Waals surface area contributed by atoms with Gasteiger partial charge in [-0.05, 0) is 17.5 Å². The third kappa shape index (κ3) is 7.83. The van der Waals surface area contributed by atoms with Crippen LogP contribution in [0.25, 0.3) is 10.9 Å². The zero-order valence-electron chi connectivity index (χ0n) is 21.8. The van der Waals surface area contributed by atoms with Crippen LogP contribution in [0.2, 0.25) is 0 Å². The third-order valence-corrected chi connectivity index (χ3v) is 7.05. The van der Waals surface area contributed by atoms with Gasteiger partial charge < -0.3 is 36.8 Å². The van der Waals surface area contributed by atoms with Crippen molar-refractivity contribution in [1.82, 2.24) is 30.9 Å². The number of benzene rings is 1. The predicted molar refractivity (Wildman–Crippen MR) is 149 cm³/mol. The summed E-state index contributed by atoms with van der Waals surface area (Å²) in [6.45, 7) is 3.54. The van der Waals surface area contributed by atoms with Gasteiger partial charge in [-0.15, -0.1) is 0 Å². The number of carbonyl (C=O) groups excluding carboxylic acids is 3. The van der Waals surface area contributed by atoms with E-state index in [0.29, 0.717) is 12.1 Å². The highest BCUT2D eigenvalue weighted by atomic mass is 32.1. The minimum Gasteiger partial charge on any atom is -0.480 e. The number of fused-ring (bicyclic) bond motifs is 1. The molecule has 0 bridgehead atoms. The Morgan fingerprint density at radius 2 is 1.69 bits per heavy atom. The highest BCUT2D eigenvalue weighted by Crippen LogP contribution is 2.19. The number of aliphatic carboxylic acids is 1. The maximum absolute atomic E-state index is 13.6. The molecule has 2 aromatic heterocycles. The Labute approximate surface area is 231 Å². The summed E-state index contributed by atoms with van der Waals surface area (Å²) in [4.78, 5) is 61.3. The molecule has 0 aliphatic carbocycles. The van der Waals surface area contributed by atoms with Gasteiger partial charge in [0.25, 0.3) is 0 Å². The number of carbonyl (C=O) groups is 4. The van der Waals surface area contributed by atoms with Crippen LogP contribution in [0.5, 0.6) is 0 Å². The molecule has 5 unspecified atom stereocenters. The zero-order chi connectivity index (χ0) is 28.5. The van der Waals surface area contributed by atoms with Crippen molar-refractivity contribution < 1.29 is 24.3 Å². The minimum absolute atomic E-state index is 0.0221. The van der Waals surface area contributed by atoms with Crippen LogP contribution >= 0.6 is 12.6 Å². The number of nitrogens with zero attached hydrogens (tertiary/aromatic N) is 1. The summed E-state index contributed by atoms with van der Waals surface area (Å²) in [5.74, 6) is -3.31. The molecule has 13 heteroatoms. The highest BCUT2D eigenvalue weighted by molar-refractivity contribution is 7.80. The molecule has 210 valence electrons. The first kappa shape index (κ1) is 29.7. The van der Waals surface area contributed by atoms with Crippen molar-refractivity contribution in [2.24, 2.45) is 11.7 Å². The summed E-state index contributed by atoms with van der Waals surface area (Å²) in [7, 11) is 0. The van der Waals surface area contributed by atoms with Crippen molar-refractivity contribution in [1.29, 1.82) is 0 Å². The molecule has 0 spiro atoms. The second-order valence-corrected chi connectivity index (χ2v) is 9.83. The van der Waals surface area contributed by atoms with Crippen LogP contribution in [0.1, 0.15) is 31.5 Å². The molecular weight excluding hydrogens is 522 g/mol. The van der Waals surface area contributed by atoms with Gasteiger partial charge in [0.15, 0.2) is 0 Å². The molecule has 0 saturated heterocycles. The van der Waals surface area contributed by atoms with Crippen molar-refractivity contribution >= 4 is 47.2 Å². The van der Waals surface area contributed by atoms with Gasteiger partial charge in [-0.1, -0.05) is 38.5 Å². The summed E-state index contributed by atoms with van der Waals surface area (Å²) < 4.78 is 0. The molecule has 8 N–H and O–H groups in total. The number of amides is 3. The Hall–Kier alpha value is -3.84. The lowest BCUT2D eigenvalue weighted by molar-refractivity contribution is -0.143. The van der Waals surface area contributed by atoms with Crippen molar-refractivity contribution in [3.8, 4) is 0 Å². The van der Waals surface area contributed by atoms with Gasteiger partial charge in [-0.2, -0.15) is 12.6 Å². The maximum Gasteiger partial charge on any atom is 0.326 e. The summed E-state index contributed by atoms with van der Waals surface area (Å²) in [5.41, 5.74) is 8.04. The SMILES string of the molecule is CCC(C)C(NC(=O)C(Cc1cnc[nH]1)NC(=O)C(Cc1c[nH]c2ccccc12)NC(=O)C(N)CS)C(=O)O. The van der Waals surface area contributed by atoms with E-state index in [-0.39, 0.29) is 24.5 Å². The molecule has 12 nitrogen and oxygen atoms in total. The number of thiol groups is 1. The average molecular weight is 558 g/mol. The fourth-order valence-corrected chi connectivity index (χ4v) is 4.29. The van der Waals surface area contributed by atoms with Crippen molar-refractivity contribution in [3.05, 3.63) is 54.2 Å². The standard InChI is InChI=1S/C26H35N7O5S/c1-3-14(2)22(26(37)38)33-25(36)21(9-16-11-28-13-30-16)32-24(35)20(31-23(34)18(27)12-39)8-15-10-29-19-7-5-4-6-17(15)19/h4-7,10-11,13-14,18,20-22,29,39H,3,8-9,12,27H2,1-2H3,(H,28,30)(H,31,34)(H,32,35)(H,33,36)(H,37,38). The Balaban J connectivity index is 1.87. The number of imidazole rings is 1. The second kappa shape index (κ2) is 13.8. The molecule has 0 aliphatic heterocycles. The molecule has 0 fully saturated rings. The van der Waals surface area contributed by atoms with Crippen LogP contribution in [0.4, 0.5) is 0 Å². The lowest BCUT2D eigenvalue weighted by Crippen LogP contribution is -2.58. The number of rotatable bonds is 14. The van der Waals surface area contributed by atoms with E-state index in [0.717, 1.165) is 16.5 Å². The van der Waals surface area contributed by atoms with Crippen LogP contribution in [-0.2, 0) is 32.0 Å². The molecule has 1 aromatic carbocycles. The Morgan fingerprint density at radius 1 is 1.03 bits per heavy atom. The molecule has 0 radical (unpaired) electrons. The fraction of sp³-hybridized carbons (Fsp3) is 0.423. The number of aromatic amines is 2. The van der Waals surface area contributed by atoms with Gasteiger partial charge in [0, 0.05) is 47.6 Å². The molecule has 0 aliphatic rings. The number of H-pyrrole nitrogens is 2. The molecule has 39 heavy (non-hydrogen) atoms. The van der Waals surface area contributed by atoms with E-state index in [1.54, 1.807) is 13.1 Å². The first-order valence-corrected chi connectivity index (χ1v) is 13.3. The van der Waals surface area contributed by atoms with Gasteiger partial charge in [-0.25, -0.2) is 9.78 Å². The normalized spacial score (nSPS) is 15.1. The van der Waals surface area contributed by atoms with Crippen LogP contribution < -0.4 is 21.7 Å². The number of hydrogen-bond donors (Lipinski definition) is 8. The number of para-hydroxylation sites is 1. The molecule has 5 atom stereocenters. The lowest BCUT2D eigenvalue weighted by atomic mass is 9.98. The number of nitrogens with one attached hydrogen (secondary N) is 5. The van der Waals surface area contributed by atoms with E-state index >= 15 is 0 Å². The molecule has 2 heterocycles. The highest BCUT2D eigenvalue weighted by Gasteiger charge is 2.32. The first-order valence-electron chi connectivity index (χ1n) is 12.7. The van der Waals surface area contributed by atoms with E-state index in [9.17, 15) is 24.3 Å². The Bertz CT molecular complexity index is 1280. The largest absolute Gasteiger partial charge is 0.480 e. The van der Waals surface area contributed by atoms with Crippen molar-refractivity contribution in [2.45, 2.75) is 57.3 Å². The van der Waals surface area contributed by atoms with Crippen LogP contribution in [0.3, 0.4) is 0 Å². The average Bonchev–Trinajstić information content (AvgIpc) is 3.59. The molecule has 3 rings (SSSR count). The van der Waals surface area contributed by atoms with E-state index in [2.05, 4.69) is 43.5 Å². The van der Waals surface area contributed by atoms with Crippen LogP contribution in [0, 0.1) is 5.92 Å². The Morgan fingerprint density at radius 3 is 2.33 bits per heavy atom. The zero-order valence-corrected chi connectivity index (χ0v) is 22.7. The summed E-state index contributed by atoms with van der Waals surface area (Å²) in [6.07, 6.45) is 5.36. The van der Waals surface area contributed by atoms with E-state index < -0.39 is 47.9 Å². The number of aromatic nitrogens is 3. The monoisotopic (exact) mass is 557 g/mol. The number of hydrogen-bond acceptors (Lipinski definition) is 7. The van der Waals surface area contributed by atoms with Crippen molar-refractivity contribution in [2.75, 3.05) is 5.75 Å². The second-order valence-electron chi connectivity index (χ2n) is 9.47. The summed E-state index contributed by atoms with van der Waals surface area (Å²) in [6, 6.07) is 3.22. The number of nitrogens with two attached hydrogens (primary N) is 1. The summed E-state index contributed by atoms with van der Waals surface area (Å²) in [5, 5.41) is 18.5. The number of carboxylic acid groups (broad SMARTS) is 1. The van der Waals surface area contributed by atoms with Gasteiger partial charge in [0.05, 0.1) is 12.4 Å².